The standard InChI is InChI=1S/C8H8N4O2/c1-13-8-11-6(10-7(9)12-8)5-2-3-14-4-5/h2-4H,1H3,(H2,9,10,11,12). The Kier molecular flexibility index (Phi) is 2.02. The second-order valence-corrected chi connectivity index (χ2v) is 2.52. The molecule has 0 aromatic carbocycles. The highest BCUT2D eigenvalue weighted by Crippen LogP contribution is 2.17. The van der Waals surface area contributed by atoms with Crippen LogP contribution in [0.25, 0.3) is 11.4 Å². The molecule has 2 N–H and O–H groups in total. The molecule has 72 valence electrons. The molecule has 2 aromatic heterocycles. The lowest BCUT2D eigenvalue weighted by atomic mass is 10.3. The third-order valence-electron chi connectivity index (χ3n) is 1.59. The minimum absolute atomic E-state index is 0.119. The summed E-state index contributed by atoms with van der Waals surface area (Å²) in [6.07, 6.45) is 3.05. The van der Waals surface area contributed by atoms with Gasteiger partial charge in [0.1, 0.15) is 6.26 Å². The first-order chi connectivity index (χ1) is 6.79. The van der Waals surface area contributed by atoms with E-state index in [-0.39, 0.29) is 12.0 Å². The van der Waals surface area contributed by atoms with Crippen molar-refractivity contribution in [1.82, 2.24) is 15.0 Å². The van der Waals surface area contributed by atoms with Crippen LogP contribution >= 0.6 is 0 Å². The molecule has 0 spiro atoms. The molecular formula is C8H8N4O2. The molecule has 2 rings (SSSR count). The monoisotopic (exact) mass is 192 g/mol. The maximum atomic E-state index is 5.47. The summed E-state index contributed by atoms with van der Waals surface area (Å²) >= 11 is 0. The molecule has 0 saturated heterocycles. The number of hydrogen-bond donors (Lipinski definition) is 1. The van der Waals surface area contributed by atoms with Gasteiger partial charge in [0.05, 0.1) is 18.9 Å². The van der Waals surface area contributed by atoms with E-state index in [9.17, 15) is 0 Å². The van der Waals surface area contributed by atoms with Crippen LogP contribution in [0.2, 0.25) is 0 Å². The number of nitrogen functional groups attached to an aromatic ring is 1. The number of aromatic nitrogens is 3. The average molecular weight is 192 g/mol. The SMILES string of the molecule is COc1nc(N)nc(-c2ccoc2)n1. The Morgan fingerprint density at radius 2 is 2.21 bits per heavy atom. The van der Waals surface area contributed by atoms with E-state index in [0.717, 1.165) is 5.56 Å². The number of furan rings is 1. The van der Waals surface area contributed by atoms with Gasteiger partial charge in [-0.1, -0.05) is 0 Å². The van der Waals surface area contributed by atoms with E-state index in [2.05, 4.69) is 15.0 Å². The molecule has 6 nitrogen and oxygen atoms in total. The summed E-state index contributed by atoms with van der Waals surface area (Å²) in [6, 6.07) is 1.92. The predicted molar refractivity (Wildman–Crippen MR) is 48.5 cm³/mol. The van der Waals surface area contributed by atoms with Gasteiger partial charge in [0.15, 0.2) is 5.82 Å². The first-order valence-electron chi connectivity index (χ1n) is 3.87. The van der Waals surface area contributed by atoms with Gasteiger partial charge < -0.3 is 14.9 Å². The first-order valence-corrected chi connectivity index (χ1v) is 3.87. The molecule has 0 aliphatic rings. The van der Waals surface area contributed by atoms with E-state index in [1.54, 1.807) is 6.07 Å². The third-order valence-corrected chi connectivity index (χ3v) is 1.59. The van der Waals surface area contributed by atoms with Crippen molar-refractivity contribution in [3.05, 3.63) is 18.6 Å². The van der Waals surface area contributed by atoms with Crippen LogP contribution in [0.4, 0.5) is 5.95 Å². The third kappa shape index (κ3) is 1.49. The normalized spacial score (nSPS) is 10.1. The van der Waals surface area contributed by atoms with Crippen molar-refractivity contribution in [2.75, 3.05) is 12.8 Å². The molecule has 6 heteroatoms. The highest BCUT2D eigenvalue weighted by Gasteiger charge is 2.07. The minimum Gasteiger partial charge on any atom is -0.472 e. The molecule has 0 radical (unpaired) electrons. The molecule has 0 aliphatic carbocycles. The van der Waals surface area contributed by atoms with Crippen LogP contribution in [-0.2, 0) is 0 Å². The summed E-state index contributed by atoms with van der Waals surface area (Å²) in [5.41, 5.74) is 6.20. The van der Waals surface area contributed by atoms with Gasteiger partial charge in [-0.15, -0.1) is 0 Å². The van der Waals surface area contributed by atoms with Gasteiger partial charge in [-0.05, 0) is 6.07 Å². The quantitative estimate of drug-likeness (QED) is 0.754. The number of methoxy groups -OCH3 is 1. The average Bonchev–Trinajstić information content (AvgIpc) is 2.69. The van der Waals surface area contributed by atoms with Gasteiger partial charge in [0.2, 0.25) is 5.95 Å². The molecule has 0 unspecified atom stereocenters. The number of nitrogens with zero attached hydrogens (tertiary/aromatic N) is 3. The molecule has 2 aromatic rings. The van der Waals surface area contributed by atoms with Gasteiger partial charge in [0.25, 0.3) is 0 Å². The van der Waals surface area contributed by atoms with Gasteiger partial charge in [-0.2, -0.15) is 15.0 Å². The highest BCUT2D eigenvalue weighted by molar-refractivity contribution is 5.53. The van der Waals surface area contributed by atoms with Gasteiger partial charge in [-0.25, -0.2) is 0 Å². The lowest BCUT2D eigenvalue weighted by Gasteiger charge is -2.00. The Labute approximate surface area is 79.8 Å². The fraction of sp³-hybridized carbons (Fsp3) is 0.125. The maximum absolute atomic E-state index is 5.47. The zero-order valence-electron chi connectivity index (χ0n) is 7.47. The second kappa shape index (κ2) is 3.33. The van der Waals surface area contributed by atoms with E-state index in [4.69, 9.17) is 14.9 Å². The number of anilines is 1. The van der Waals surface area contributed by atoms with E-state index in [1.807, 2.05) is 0 Å². The Morgan fingerprint density at radius 3 is 2.86 bits per heavy atom. The van der Waals surface area contributed by atoms with Crippen LogP contribution in [0.15, 0.2) is 23.0 Å². The van der Waals surface area contributed by atoms with E-state index in [1.165, 1.54) is 19.6 Å². The smallest absolute Gasteiger partial charge is 0.321 e. The topological polar surface area (TPSA) is 87.1 Å². The Morgan fingerprint density at radius 1 is 1.36 bits per heavy atom. The van der Waals surface area contributed by atoms with Gasteiger partial charge in [-0.3, -0.25) is 0 Å². The molecule has 0 saturated carbocycles. The van der Waals surface area contributed by atoms with Crippen molar-refractivity contribution < 1.29 is 9.15 Å². The lowest BCUT2D eigenvalue weighted by Crippen LogP contribution is -2.02. The van der Waals surface area contributed by atoms with Crippen LogP contribution in [0.3, 0.4) is 0 Å². The lowest BCUT2D eigenvalue weighted by molar-refractivity contribution is 0.379. The van der Waals surface area contributed by atoms with Crippen molar-refractivity contribution in [2.24, 2.45) is 0 Å². The van der Waals surface area contributed by atoms with Crippen LogP contribution in [0.5, 0.6) is 6.01 Å². The van der Waals surface area contributed by atoms with Crippen LogP contribution < -0.4 is 10.5 Å². The van der Waals surface area contributed by atoms with E-state index >= 15 is 0 Å². The zero-order valence-corrected chi connectivity index (χ0v) is 7.47. The molecule has 14 heavy (non-hydrogen) atoms. The van der Waals surface area contributed by atoms with Crippen LogP contribution in [-0.4, -0.2) is 22.1 Å². The van der Waals surface area contributed by atoms with E-state index < -0.39 is 0 Å². The molecule has 0 fully saturated rings. The van der Waals surface area contributed by atoms with Crippen LogP contribution in [0.1, 0.15) is 0 Å². The summed E-state index contributed by atoms with van der Waals surface area (Å²) in [5.74, 6) is 0.552. The zero-order chi connectivity index (χ0) is 9.97. The number of hydrogen-bond acceptors (Lipinski definition) is 6. The maximum Gasteiger partial charge on any atom is 0.321 e. The molecule has 0 bridgehead atoms. The Hall–Kier alpha value is -2.11. The number of ether oxygens (including phenoxy) is 1. The van der Waals surface area contributed by atoms with E-state index in [0.29, 0.717) is 5.82 Å². The highest BCUT2D eigenvalue weighted by atomic mass is 16.5. The molecule has 0 atom stereocenters. The van der Waals surface area contributed by atoms with Crippen molar-refractivity contribution >= 4 is 5.95 Å². The number of nitrogens with two attached hydrogens (primary N) is 1. The molecular weight excluding hydrogens is 184 g/mol. The summed E-state index contributed by atoms with van der Waals surface area (Å²) in [5, 5.41) is 0. The second-order valence-electron chi connectivity index (χ2n) is 2.52. The Bertz CT molecular complexity index is 427. The van der Waals surface area contributed by atoms with Crippen molar-refractivity contribution in [2.45, 2.75) is 0 Å². The number of rotatable bonds is 2. The van der Waals surface area contributed by atoms with Gasteiger partial charge in [0, 0.05) is 0 Å². The summed E-state index contributed by atoms with van der Waals surface area (Å²) < 4.78 is 9.76. The summed E-state index contributed by atoms with van der Waals surface area (Å²) in [7, 11) is 1.47. The molecule has 2 heterocycles. The predicted octanol–water partition coefficient (Wildman–Crippen LogP) is 0.722. The molecule has 0 aliphatic heterocycles. The fourth-order valence-electron chi connectivity index (χ4n) is 0.984. The van der Waals surface area contributed by atoms with Crippen molar-refractivity contribution in [3.8, 4) is 17.4 Å². The molecule has 0 amide bonds. The summed E-state index contributed by atoms with van der Waals surface area (Å²) in [4.78, 5) is 11.7. The van der Waals surface area contributed by atoms with Crippen LogP contribution in [0, 0.1) is 0 Å². The largest absolute Gasteiger partial charge is 0.472 e. The summed E-state index contributed by atoms with van der Waals surface area (Å²) in [6.45, 7) is 0. The van der Waals surface area contributed by atoms with Crippen molar-refractivity contribution in [3.63, 3.8) is 0 Å². The minimum atomic E-state index is 0.119. The van der Waals surface area contributed by atoms with Gasteiger partial charge >= 0.3 is 6.01 Å². The first kappa shape index (κ1) is 8.49. The fourth-order valence-corrected chi connectivity index (χ4v) is 0.984. The Balaban J connectivity index is 2.48. The van der Waals surface area contributed by atoms with Crippen molar-refractivity contribution in [1.29, 1.82) is 0 Å².